The van der Waals surface area contributed by atoms with Crippen LogP contribution < -0.4 is 15.4 Å². The van der Waals surface area contributed by atoms with Crippen molar-refractivity contribution < 1.29 is 33.3 Å². The van der Waals surface area contributed by atoms with E-state index in [9.17, 15) is 28.5 Å². The standard InChI is InChI=1S/C20H27N5O7S/c1-10-8-11(2)22-20(21-10)25-33(30,31)14-6-4-13(5-7-14)24-19-16(23-12(3)27)18(29)17(28)15(9-26)32-19/h4-8,15-19,24,26,28-29H,9H2,1-3H3,(H,23,27)(H,21,22,25)/t15-,16+,17+,18-,19-/m0/s1. The molecule has 0 saturated carbocycles. The van der Waals surface area contributed by atoms with Crippen LogP contribution in [-0.2, 0) is 19.6 Å². The molecule has 13 heteroatoms. The second kappa shape index (κ2) is 9.97. The number of amides is 1. The number of hydrogen-bond acceptors (Lipinski definition) is 10. The van der Waals surface area contributed by atoms with Gasteiger partial charge in [-0.15, -0.1) is 0 Å². The molecule has 0 aliphatic carbocycles. The molecule has 2 aromatic rings. The van der Waals surface area contributed by atoms with Gasteiger partial charge in [-0.25, -0.2) is 23.1 Å². The first-order valence-corrected chi connectivity index (χ1v) is 11.6. The normalized spacial score (nSPS) is 25.3. The van der Waals surface area contributed by atoms with Gasteiger partial charge in [0.2, 0.25) is 11.9 Å². The van der Waals surface area contributed by atoms with Crippen molar-refractivity contribution >= 4 is 27.6 Å². The van der Waals surface area contributed by atoms with E-state index in [1.54, 1.807) is 19.9 Å². The fourth-order valence-corrected chi connectivity index (χ4v) is 4.42. The number of aryl methyl sites for hydroxylation is 2. The number of aliphatic hydroxyl groups excluding tert-OH is 3. The first-order valence-electron chi connectivity index (χ1n) is 10.1. The number of nitrogens with zero attached hydrogens (tertiary/aromatic N) is 2. The van der Waals surface area contributed by atoms with Crippen LogP contribution in [0.4, 0.5) is 11.6 Å². The van der Waals surface area contributed by atoms with E-state index in [-0.39, 0.29) is 10.8 Å². The summed E-state index contributed by atoms with van der Waals surface area (Å²) >= 11 is 0. The Bertz CT molecular complexity index is 1080. The third kappa shape index (κ3) is 5.94. The Labute approximate surface area is 191 Å². The summed E-state index contributed by atoms with van der Waals surface area (Å²) in [5.41, 5.74) is 1.65. The van der Waals surface area contributed by atoms with Gasteiger partial charge >= 0.3 is 0 Å². The van der Waals surface area contributed by atoms with Gasteiger partial charge in [0.1, 0.15) is 24.4 Å². The lowest BCUT2D eigenvalue weighted by molar-refractivity contribution is -0.188. The highest BCUT2D eigenvalue weighted by Crippen LogP contribution is 2.24. The molecule has 1 fully saturated rings. The lowest BCUT2D eigenvalue weighted by Crippen LogP contribution is -2.65. The fraction of sp³-hybridized carbons (Fsp3) is 0.450. The molecule has 0 bridgehead atoms. The third-order valence-electron chi connectivity index (χ3n) is 4.98. The van der Waals surface area contributed by atoms with Gasteiger partial charge in [-0.1, -0.05) is 0 Å². The van der Waals surface area contributed by atoms with Crippen LogP contribution in [0.15, 0.2) is 35.2 Å². The Hall–Kier alpha value is -2.84. The maximum Gasteiger partial charge on any atom is 0.264 e. The lowest BCUT2D eigenvalue weighted by atomic mass is 9.96. The molecule has 1 aliphatic rings. The molecule has 5 atom stereocenters. The number of sulfonamides is 1. The summed E-state index contributed by atoms with van der Waals surface area (Å²) in [4.78, 5) is 19.6. The summed E-state index contributed by atoms with van der Waals surface area (Å²) in [6.07, 6.45) is -4.90. The van der Waals surface area contributed by atoms with Gasteiger partial charge in [0.15, 0.2) is 6.23 Å². The highest BCUT2D eigenvalue weighted by Gasteiger charge is 2.44. The minimum absolute atomic E-state index is 0.0361. The van der Waals surface area contributed by atoms with Crippen molar-refractivity contribution in [3.05, 3.63) is 41.7 Å². The first kappa shape index (κ1) is 24.8. The molecule has 12 nitrogen and oxygen atoms in total. The Kier molecular flexibility index (Phi) is 7.49. The third-order valence-corrected chi connectivity index (χ3v) is 6.32. The summed E-state index contributed by atoms with van der Waals surface area (Å²) in [6, 6.07) is 6.33. The second-order valence-electron chi connectivity index (χ2n) is 7.73. The molecule has 1 aromatic heterocycles. The molecule has 0 spiro atoms. The zero-order chi connectivity index (χ0) is 24.3. The van der Waals surface area contributed by atoms with Crippen LogP contribution in [0.5, 0.6) is 0 Å². The van der Waals surface area contributed by atoms with Crippen molar-refractivity contribution in [3.8, 4) is 0 Å². The molecule has 0 radical (unpaired) electrons. The number of hydrogen-bond donors (Lipinski definition) is 6. The summed E-state index contributed by atoms with van der Waals surface area (Å²) in [5.74, 6) is -0.490. The summed E-state index contributed by atoms with van der Waals surface area (Å²) < 4.78 is 33.3. The van der Waals surface area contributed by atoms with Gasteiger partial charge in [-0.05, 0) is 44.2 Å². The van der Waals surface area contributed by atoms with Crippen molar-refractivity contribution in [2.75, 3.05) is 16.6 Å². The van der Waals surface area contributed by atoms with Crippen LogP contribution in [0, 0.1) is 13.8 Å². The Balaban J connectivity index is 1.77. The molecule has 1 aliphatic heterocycles. The van der Waals surface area contributed by atoms with E-state index in [4.69, 9.17) is 4.74 Å². The number of anilines is 2. The lowest BCUT2D eigenvalue weighted by Gasteiger charge is -2.43. The van der Waals surface area contributed by atoms with E-state index >= 15 is 0 Å². The summed E-state index contributed by atoms with van der Waals surface area (Å²) in [5, 5.41) is 35.3. The molecule has 1 aromatic carbocycles. The van der Waals surface area contributed by atoms with Gasteiger partial charge < -0.3 is 30.7 Å². The number of carbonyl (C=O) groups excluding carboxylic acids is 1. The Morgan fingerprint density at radius 3 is 2.24 bits per heavy atom. The van der Waals surface area contributed by atoms with Crippen molar-refractivity contribution in [2.45, 2.75) is 56.2 Å². The van der Waals surface area contributed by atoms with Crippen molar-refractivity contribution in [3.63, 3.8) is 0 Å². The Morgan fingerprint density at radius 1 is 1.09 bits per heavy atom. The van der Waals surface area contributed by atoms with E-state index in [0.29, 0.717) is 17.1 Å². The number of nitrogens with one attached hydrogen (secondary N) is 3. The smallest absolute Gasteiger partial charge is 0.264 e. The predicted octanol–water partition coefficient (Wildman–Crippen LogP) is -0.750. The highest BCUT2D eigenvalue weighted by molar-refractivity contribution is 7.92. The number of rotatable bonds is 7. The van der Waals surface area contributed by atoms with Gasteiger partial charge in [0.25, 0.3) is 10.0 Å². The van der Waals surface area contributed by atoms with E-state index < -0.39 is 53.1 Å². The second-order valence-corrected chi connectivity index (χ2v) is 9.42. The van der Waals surface area contributed by atoms with Gasteiger partial charge in [0.05, 0.1) is 11.5 Å². The van der Waals surface area contributed by atoms with Gasteiger partial charge in [-0.2, -0.15) is 0 Å². The maximum atomic E-state index is 12.7. The van der Waals surface area contributed by atoms with Crippen LogP contribution in [0.25, 0.3) is 0 Å². The van der Waals surface area contributed by atoms with Crippen molar-refractivity contribution in [1.29, 1.82) is 0 Å². The Morgan fingerprint density at radius 2 is 1.70 bits per heavy atom. The van der Waals surface area contributed by atoms with Crippen molar-refractivity contribution in [1.82, 2.24) is 15.3 Å². The van der Waals surface area contributed by atoms with E-state index in [1.165, 1.54) is 31.2 Å². The molecule has 0 unspecified atom stereocenters. The minimum atomic E-state index is -3.95. The molecule has 1 saturated heterocycles. The summed E-state index contributed by atoms with van der Waals surface area (Å²) in [6.45, 7) is 4.16. The van der Waals surface area contributed by atoms with E-state index in [1.807, 2.05) is 0 Å². The zero-order valence-electron chi connectivity index (χ0n) is 18.3. The van der Waals surface area contributed by atoms with Crippen LogP contribution in [-0.4, -0.2) is 76.8 Å². The number of aromatic nitrogens is 2. The van der Waals surface area contributed by atoms with E-state index in [2.05, 4.69) is 25.3 Å². The number of carbonyl (C=O) groups is 1. The SMILES string of the molecule is CC(=O)N[C@@H]1[C@H](O)[C@H](O)[C@H](CO)O[C@@H]1Nc1ccc(S(=O)(=O)Nc2nc(C)cc(C)n2)cc1. The van der Waals surface area contributed by atoms with Crippen LogP contribution in [0.1, 0.15) is 18.3 Å². The minimum Gasteiger partial charge on any atom is -0.394 e. The topological polar surface area (TPSA) is 183 Å². The van der Waals surface area contributed by atoms with Gasteiger partial charge in [-0.3, -0.25) is 4.79 Å². The highest BCUT2D eigenvalue weighted by atomic mass is 32.2. The monoisotopic (exact) mass is 481 g/mol. The van der Waals surface area contributed by atoms with Crippen molar-refractivity contribution in [2.24, 2.45) is 0 Å². The quantitative estimate of drug-likeness (QED) is 0.294. The molecule has 33 heavy (non-hydrogen) atoms. The summed E-state index contributed by atoms with van der Waals surface area (Å²) in [7, 11) is -3.95. The zero-order valence-corrected chi connectivity index (χ0v) is 19.1. The number of aliphatic hydroxyl groups is 3. The van der Waals surface area contributed by atoms with Gasteiger partial charge in [0, 0.05) is 24.0 Å². The average molecular weight is 482 g/mol. The largest absolute Gasteiger partial charge is 0.394 e. The molecule has 2 heterocycles. The molecule has 3 rings (SSSR count). The molecule has 180 valence electrons. The van der Waals surface area contributed by atoms with Crippen LogP contribution >= 0.6 is 0 Å². The first-order chi connectivity index (χ1) is 15.5. The van der Waals surface area contributed by atoms with Crippen LogP contribution in [0.2, 0.25) is 0 Å². The molecule has 1 amide bonds. The average Bonchev–Trinajstić information content (AvgIpc) is 2.72. The maximum absolute atomic E-state index is 12.7. The fourth-order valence-electron chi connectivity index (χ4n) is 3.48. The molecular weight excluding hydrogens is 454 g/mol. The number of benzene rings is 1. The van der Waals surface area contributed by atoms with Crippen LogP contribution in [0.3, 0.4) is 0 Å². The predicted molar refractivity (Wildman–Crippen MR) is 118 cm³/mol. The van der Waals surface area contributed by atoms with E-state index in [0.717, 1.165) is 0 Å². The molecule has 6 N–H and O–H groups in total. The number of ether oxygens (including phenoxy) is 1. The molecular formula is C20H27N5O7S.